The predicted octanol–water partition coefficient (Wildman–Crippen LogP) is 2.68. The van der Waals surface area contributed by atoms with Crippen LogP contribution in [-0.2, 0) is 16.1 Å². The molecule has 1 aromatic carbocycles. The minimum Gasteiger partial charge on any atom is -0.441 e. The van der Waals surface area contributed by atoms with Crippen molar-refractivity contribution in [3.05, 3.63) is 36.0 Å². The molecule has 148 valence electrons. The van der Waals surface area contributed by atoms with Crippen LogP contribution < -0.4 is 0 Å². The lowest BCUT2D eigenvalue weighted by Crippen LogP contribution is -2.37. The molecule has 2 amide bonds. The molecule has 4 rings (SSSR count). The number of hydrogen-bond acceptors (Lipinski definition) is 4. The summed E-state index contributed by atoms with van der Waals surface area (Å²) in [4.78, 5) is 40.2. The lowest BCUT2D eigenvalue weighted by Gasteiger charge is -2.25. The van der Waals surface area contributed by atoms with E-state index in [0.29, 0.717) is 31.6 Å². The van der Waals surface area contributed by atoms with E-state index in [1.165, 1.54) is 0 Å². The normalized spacial score (nSPS) is 22.6. The minimum atomic E-state index is -0.469. The molecule has 1 aromatic heterocycles. The third-order valence-corrected chi connectivity index (χ3v) is 5.86. The number of ketones is 1. The summed E-state index contributed by atoms with van der Waals surface area (Å²) in [5.41, 5.74) is 1.06. The molecule has 0 bridgehead atoms. The molecule has 1 atom stereocenters. The zero-order valence-corrected chi connectivity index (χ0v) is 16.3. The summed E-state index contributed by atoms with van der Waals surface area (Å²) in [6, 6.07) is 7.65. The molecule has 0 saturated carbocycles. The van der Waals surface area contributed by atoms with E-state index in [0.717, 1.165) is 23.7 Å². The van der Waals surface area contributed by atoms with Crippen LogP contribution in [-0.4, -0.2) is 64.4 Å². The van der Waals surface area contributed by atoms with Crippen LogP contribution in [0.1, 0.15) is 36.5 Å². The molecule has 0 aliphatic carbocycles. The van der Waals surface area contributed by atoms with Crippen LogP contribution >= 0.6 is 0 Å². The zero-order chi connectivity index (χ0) is 19.9. The summed E-state index contributed by atoms with van der Waals surface area (Å²) in [6.45, 7) is 3.54. The maximum absolute atomic E-state index is 13.0. The van der Waals surface area contributed by atoms with Gasteiger partial charge in [0.1, 0.15) is 12.1 Å². The fraction of sp³-hybridized carbons (Fsp3) is 0.476. The maximum atomic E-state index is 13.0. The van der Waals surface area contributed by atoms with Crippen LogP contribution in [0.4, 0.5) is 4.79 Å². The van der Waals surface area contributed by atoms with Gasteiger partial charge < -0.3 is 19.1 Å². The molecule has 0 radical (unpaired) electrons. The molecule has 7 heteroatoms. The van der Waals surface area contributed by atoms with Crippen LogP contribution in [0.2, 0.25) is 0 Å². The maximum Gasteiger partial charge on any atom is 0.410 e. The average Bonchev–Trinajstić information content (AvgIpc) is 3.07. The van der Waals surface area contributed by atoms with E-state index in [9.17, 15) is 14.4 Å². The van der Waals surface area contributed by atoms with E-state index in [1.807, 2.05) is 33.7 Å². The SMILES string of the molecule is CC(=O)c1cn(CC(=O)N2CCC[C@]3(CC2)CN(C)C(=O)O3)c2ccccc12. The highest BCUT2D eigenvalue weighted by Gasteiger charge is 2.44. The standard InChI is InChI=1S/C21H25N3O4/c1-15(25)17-12-24(18-7-4-3-6-16(17)18)13-19(26)23-10-5-8-21(9-11-23)14-22(2)20(27)28-21/h3-4,6-7,12H,5,8-11,13-14H2,1-2H3/t21-/m0/s1. The molecule has 2 aromatic rings. The highest BCUT2D eigenvalue weighted by atomic mass is 16.6. The number of carbonyl (C=O) groups is 3. The quantitative estimate of drug-likeness (QED) is 0.764. The number of benzene rings is 1. The number of aromatic nitrogens is 1. The van der Waals surface area contributed by atoms with Crippen molar-refractivity contribution in [2.24, 2.45) is 0 Å². The number of likely N-dealkylation sites (N-methyl/N-ethyl adjacent to an activating group) is 1. The summed E-state index contributed by atoms with van der Waals surface area (Å²) in [5.74, 6) is 0.0110. The van der Waals surface area contributed by atoms with Crippen molar-refractivity contribution >= 4 is 28.7 Å². The predicted molar refractivity (Wildman–Crippen MR) is 104 cm³/mol. The van der Waals surface area contributed by atoms with Crippen LogP contribution in [0.3, 0.4) is 0 Å². The minimum absolute atomic E-state index is 0.00807. The topological polar surface area (TPSA) is 71.9 Å². The van der Waals surface area contributed by atoms with E-state index >= 15 is 0 Å². The summed E-state index contributed by atoms with van der Waals surface area (Å²) in [5, 5.41) is 0.874. The van der Waals surface area contributed by atoms with Crippen molar-refractivity contribution in [2.45, 2.75) is 38.3 Å². The number of nitrogens with zero attached hydrogens (tertiary/aromatic N) is 3. The van der Waals surface area contributed by atoms with Crippen molar-refractivity contribution in [3.63, 3.8) is 0 Å². The molecule has 7 nitrogen and oxygen atoms in total. The van der Waals surface area contributed by atoms with Crippen molar-refractivity contribution in [1.29, 1.82) is 0 Å². The Morgan fingerprint density at radius 3 is 2.68 bits per heavy atom. The molecule has 1 spiro atoms. The Bertz CT molecular complexity index is 950. The van der Waals surface area contributed by atoms with Crippen molar-refractivity contribution in [2.75, 3.05) is 26.7 Å². The number of fused-ring (bicyclic) bond motifs is 1. The number of amides is 2. The number of likely N-dealkylation sites (tertiary alicyclic amines) is 1. The third kappa shape index (κ3) is 3.25. The second kappa shape index (κ2) is 6.96. The highest BCUT2D eigenvalue weighted by Crippen LogP contribution is 2.32. The summed E-state index contributed by atoms with van der Waals surface area (Å²) in [7, 11) is 1.74. The number of Topliss-reactive ketones (excluding diaryl/α,β-unsaturated/α-hetero) is 1. The lowest BCUT2D eigenvalue weighted by molar-refractivity contribution is -0.131. The van der Waals surface area contributed by atoms with Gasteiger partial charge in [-0.15, -0.1) is 0 Å². The Morgan fingerprint density at radius 1 is 1.18 bits per heavy atom. The first-order chi connectivity index (χ1) is 13.4. The molecule has 2 aliphatic rings. The smallest absolute Gasteiger partial charge is 0.410 e. The van der Waals surface area contributed by atoms with Gasteiger partial charge in [0, 0.05) is 49.2 Å². The number of carbonyl (C=O) groups excluding carboxylic acids is 3. The molecule has 2 aliphatic heterocycles. The van der Waals surface area contributed by atoms with Gasteiger partial charge in [0.15, 0.2) is 5.78 Å². The van der Waals surface area contributed by atoms with Crippen molar-refractivity contribution < 1.29 is 19.1 Å². The molecule has 2 fully saturated rings. The molecular weight excluding hydrogens is 358 g/mol. The largest absolute Gasteiger partial charge is 0.441 e. The van der Waals surface area contributed by atoms with Crippen molar-refractivity contribution in [1.82, 2.24) is 14.4 Å². The fourth-order valence-corrected chi connectivity index (χ4v) is 4.37. The molecule has 0 unspecified atom stereocenters. The van der Waals surface area contributed by atoms with Gasteiger partial charge in [0.25, 0.3) is 0 Å². The van der Waals surface area contributed by atoms with Gasteiger partial charge in [-0.3, -0.25) is 9.59 Å². The first-order valence-electron chi connectivity index (χ1n) is 9.69. The van der Waals surface area contributed by atoms with Crippen LogP contribution in [0.15, 0.2) is 30.5 Å². The third-order valence-electron chi connectivity index (χ3n) is 5.86. The lowest BCUT2D eigenvalue weighted by atomic mass is 9.95. The van der Waals surface area contributed by atoms with Crippen LogP contribution in [0, 0.1) is 0 Å². The van der Waals surface area contributed by atoms with E-state index in [-0.39, 0.29) is 24.3 Å². The van der Waals surface area contributed by atoms with Crippen molar-refractivity contribution in [3.8, 4) is 0 Å². The van der Waals surface area contributed by atoms with E-state index in [1.54, 1.807) is 25.1 Å². The van der Waals surface area contributed by atoms with Gasteiger partial charge in [0.2, 0.25) is 5.91 Å². The number of ether oxygens (including phenoxy) is 1. The fourth-order valence-electron chi connectivity index (χ4n) is 4.37. The average molecular weight is 383 g/mol. The van der Waals surface area contributed by atoms with E-state index < -0.39 is 5.60 Å². The summed E-state index contributed by atoms with van der Waals surface area (Å²) >= 11 is 0. The molecule has 2 saturated heterocycles. The number of rotatable bonds is 3. The van der Waals surface area contributed by atoms with Gasteiger partial charge in [0.05, 0.1) is 6.54 Å². The first kappa shape index (κ1) is 18.5. The van der Waals surface area contributed by atoms with Crippen LogP contribution in [0.5, 0.6) is 0 Å². The van der Waals surface area contributed by atoms with Gasteiger partial charge in [-0.1, -0.05) is 18.2 Å². The van der Waals surface area contributed by atoms with Gasteiger partial charge in [-0.2, -0.15) is 0 Å². The monoisotopic (exact) mass is 383 g/mol. The Morgan fingerprint density at radius 2 is 1.96 bits per heavy atom. The van der Waals surface area contributed by atoms with E-state index in [2.05, 4.69) is 0 Å². The number of hydrogen-bond donors (Lipinski definition) is 0. The Hall–Kier alpha value is -2.83. The van der Waals surface area contributed by atoms with Gasteiger partial charge >= 0.3 is 6.09 Å². The highest BCUT2D eigenvalue weighted by molar-refractivity contribution is 6.07. The van der Waals surface area contributed by atoms with Gasteiger partial charge in [-0.25, -0.2) is 4.79 Å². The molecular formula is C21H25N3O4. The summed E-state index contributed by atoms with van der Waals surface area (Å²) in [6.07, 6.45) is 3.72. The van der Waals surface area contributed by atoms with Gasteiger partial charge in [-0.05, 0) is 25.8 Å². The Labute approximate surface area is 163 Å². The first-order valence-corrected chi connectivity index (χ1v) is 9.69. The molecule has 0 N–H and O–H groups in total. The van der Waals surface area contributed by atoms with Crippen LogP contribution in [0.25, 0.3) is 10.9 Å². The summed E-state index contributed by atoms with van der Waals surface area (Å²) < 4.78 is 7.48. The van der Waals surface area contributed by atoms with E-state index in [4.69, 9.17) is 4.74 Å². The Balaban J connectivity index is 1.50. The molecule has 28 heavy (non-hydrogen) atoms. The second-order valence-corrected chi connectivity index (χ2v) is 7.89. The molecule has 3 heterocycles. The Kier molecular flexibility index (Phi) is 4.61. The zero-order valence-electron chi connectivity index (χ0n) is 16.3. The second-order valence-electron chi connectivity index (χ2n) is 7.89. The number of para-hydroxylation sites is 1.